The van der Waals surface area contributed by atoms with Crippen molar-refractivity contribution in [3.8, 4) is 0 Å². The number of ether oxygens (including phenoxy) is 5. The average molecular weight is 345 g/mol. The van der Waals surface area contributed by atoms with Crippen molar-refractivity contribution in [2.75, 3.05) is 0 Å². The van der Waals surface area contributed by atoms with Gasteiger partial charge in [0.1, 0.15) is 24.4 Å². The van der Waals surface area contributed by atoms with Gasteiger partial charge in [0.15, 0.2) is 24.0 Å². The van der Waals surface area contributed by atoms with E-state index in [1.807, 2.05) is 0 Å². The number of fused-ring (bicyclic) bond motifs is 3. The molecule has 0 unspecified atom stereocenters. The van der Waals surface area contributed by atoms with Crippen LogP contribution >= 0.6 is 0 Å². The summed E-state index contributed by atoms with van der Waals surface area (Å²) in [5.41, 5.74) is 0. The quantitative estimate of drug-likeness (QED) is 0.733. The molecule has 3 aliphatic heterocycles. The van der Waals surface area contributed by atoms with Crippen LogP contribution < -0.4 is 5.32 Å². The standard InChI is InChI=1S/C15H23NO8/c1-6(12(18)19)16-11(17)9-7-8(22-14(2,3)21-7)10-13(20-9)24-15(4,5)23-10/h6-10,13H,1-5H3,(H,16,17)(H,18,19)/t6-,7-,8+,9+,10-,13-/m1/s1. The SMILES string of the molecule is C[C@@H](NC(=O)[C@H]1O[C@@H]2OC(C)(C)O[C@@H]2[C@H]2OC(C)(C)O[C@H]21)C(=O)O. The van der Waals surface area contributed by atoms with Crippen LogP contribution in [0.2, 0.25) is 0 Å². The molecule has 3 fully saturated rings. The summed E-state index contributed by atoms with van der Waals surface area (Å²) in [6.07, 6.45) is -3.67. The number of carbonyl (C=O) groups excluding carboxylic acids is 1. The second kappa shape index (κ2) is 5.63. The van der Waals surface area contributed by atoms with Crippen molar-refractivity contribution < 1.29 is 38.4 Å². The van der Waals surface area contributed by atoms with Gasteiger partial charge < -0.3 is 34.1 Å². The summed E-state index contributed by atoms with van der Waals surface area (Å²) in [6, 6.07) is -1.05. The maximum Gasteiger partial charge on any atom is 0.325 e. The smallest absolute Gasteiger partial charge is 0.325 e. The Balaban J connectivity index is 1.82. The van der Waals surface area contributed by atoms with Crippen LogP contribution in [0.4, 0.5) is 0 Å². The predicted molar refractivity (Wildman–Crippen MR) is 77.8 cm³/mol. The van der Waals surface area contributed by atoms with Crippen LogP contribution in [0.25, 0.3) is 0 Å². The predicted octanol–water partition coefficient (Wildman–Crippen LogP) is -0.0278. The zero-order chi connectivity index (χ0) is 17.9. The van der Waals surface area contributed by atoms with Crippen molar-refractivity contribution in [3.05, 3.63) is 0 Å². The van der Waals surface area contributed by atoms with Crippen molar-refractivity contribution in [2.24, 2.45) is 0 Å². The van der Waals surface area contributed by atoms with Gasteiger partial charge in [-0.3, -0.25) is 9.59 Å². The molecule has 0 aromatic heterocycles. The third kappa shape index (κ3) is 3.14. The van der Waals surface area contributed by atoms with Crippen molar-refractivity contribution >= 4 is 11.9 Å². The fraction of sp³-hybridized carbons (Fsp3) is 0.867. The van der Waals surface area contributed by atoms with Crippen molar-refractivity contribution in [1.82, 2.24) is 5.32 Å². The molecule has 9 nitrogen and oxygen atoms in total. The van der Waals surface area contributed by atoms with E-state index in [1.165, 1.54) is 6.92 Å². The molecule has 0 aromatic carbocycles. The normalized spacial score (nSPS) is 40.5. The third-order valence-corrected chi connectivity index (χ3v) is 4.14. The van der Waals surface area contributed by atoms with E-state index in [2.05, 4.69) is 5.32 Å². The highest BCUT2D eigenvalue weighted by atomic mass is 16.9. The molecule has 0 aliphatic carbocycles. The number of rotatable bonds is 3. The van der Waals surface area contributed by atoms with Gasteiger partial charge in [0, 0.05) is 0 Å². The van der Waals surface area contributed by atoms with E-state index in [4.69, 9.17) is 28.8 Å². The lowest BCUT2D eigenvalue weighted by Crippen LogP contribution is -2.60. The Morgan fingerprint density at radius 3 is 2.12 bits per heavy atom. The molecule has 9 heteroatoms. The lowest BCUT2D eigenvalue weighted by molar-refractivity contribution is -0.231. The first-order chi connectivity index (χ1) is 11.0. The number of hydrogen-bond donors (Lipinski definition) is 2. The number of carbonyl (C=O) groups is 2. The zero-order valence-corrected chi connectivity index (χ0v) is 14.3. The lowest BCUT2D eigenvalue weighted by Gasteiger charge is -2.36. The van der Waals surface area contributed by atoms with E-state index in [1.54, 1.807) is 27.7 Å². The second-order valence-corrected chi connectivity index (χ2v) is 7.16. The number of carboxylic acids is 1. The Morgan fingerprint density at radius 1 is 0.958 bits per heavy atom. The van der Waals surface area contributed by atoms with Crippen LogP contribution in [-0.4, -0.2) is 65.3 Å². The van der Waals surface area contributed by atoms with Crippen molar-refractivity contribution in [1.29, 1.82) is 0 Å². The lowest BCUT2D eigenvalue weighted by atomic mass is 9.98. The third-order valence-electron chi connectivity index (χ3n) is 4.14. The number of hydrogen-bond acceptors (Lipinski definition) is 7. The van der Waals surface area contributed by atoms with Gasteiger partial charge in [0.05, 0.1) is 0 Å². The summed E-state index contributed by atoms with van der Waals surface area (Å²) >= 11 is 0. The van der Waals surface area contributed by atoms with Crippen LogP contribution in [0.3, 0.4) is 0 Å². The van der Waals surface area contributed by atoms with E-state index in [0.717, 1.165) is 0 Å². The summed E-state index contributed by atoms with van der Waals surface area (Å²) in [5.74, 6) is -3.52. The summed E-state index contributed by atoms with van der Waals surface area (Å²) in [4.78, 5) is 23.4. The Morgan fingerprint density at radius 2 is 1.50 bits per heavy atom. The van der Waals surface area contributed by atoms with Crippen molar-refractivity contribution in [3.63, 3.8) is 0 Å². The molecule has 0 aromatic rings. The minimum absolute atomic E-state index is 0.535. The van der Waals surface area contributed by atoms with E-state index in [9.17, 15) is 9.59 Å². The number of amides is 1. The van der Waals surface area contributed by atoms with Crippen LogP contribution in [0.1, 0.15) is 34.6 Å². The molecule has 0 radical (unpaired) electrons. The molecule has 0 spiro atoms. The van der Waals surface area contributed by atoms with Gasteiger partial charge in [-0.1, -0.05) is 0 Å². The summed E-state index contributed by atoms with van der Waals surface area (Å²) in [6.45, 7) is 8.32. The first kappa shape index (κ1) is 17.6. The monoisotopic (exact) mass is 345 g/mol. The van der Waals surface area contributed by atoms with Gasteiger partial charge in [-0.2, -0.15) is 0 Å². The molecule has 3 saturated heterocycles. The van der Waals surface area contributed by atoms with Gasteiger partial charge in [0.25, 0.3) is 5.91 Å². The maximum absolute atomic E-state index is 12.5. The fourth-order valence-electron chi connectivity index (χ4n) is 3.18. The molecule has 3 aliphatic rings. The topological polar surface area (TPSA) is 113 Å². The molecular formula is C15H23NO8. The highest BCUT2D eigenvalue weighted by Crippen LogP contribution is 2.44. The largest absolute Gasteiger partial charge is 0.480 e. The Hall–Kier alpha value is -1.26. The molecule has 24 heavy (non-hydrogen) atoms. The second-order valence-electron chi connectivity index (χ2n) is 7.16. The highest BCUT2D eigenvalue weighted by Gasteiger charge is 2.62. The van der Waals surface area contributed by atoms with Crippen LogP contribution in [-0.2, 0) is 33.3 Å². The molecule has 0 bridgehead atoms. The van der Waals surface area contributed by atoms with E-state index >= 15 is 0 Å². The molecule has 1 amide bonds. The number of aliphatic carboxylic acids is 1. The average Bonchev–Trinajstić information content (AvgIpc) is 2.91. The first-order valence-corrected chi connectivity index (χ1v) is 7.89. The maximum atomic E-state index is 12.5. The summed E-state index contributed by atoms with van der Waals surface area (Å²) < 4.78 is 29.0. The molecule has 136 valence electrons. The van der Waals surface area contributed by atoms with Crippen LogP contribution in [0, 0.1) is 0 Å². The summed E-state index contributed by atoms with van der Waals surface area (Å²) in [7, 11) is 0. The van der Waals surface area contributed by atoms with E-state index < -0.39 is 60.2 Å². The Labute approximate surface area is 139 Å². The molecule has 3 rings (SSSR count). The van der Waals surface area contributed by atoms with E-state index in [0.29, 0.717) is 0 Å². The van der Waals surface area contributed by atoms with Crippen LogP contribution in [0.15, 0.2) is 0 Å². The van der Waals surface area contributed by atoms with Gasteiger partial charge in [-0.05, 0) is 34.6 Å². The Kier molecular flexibility index (Phi) is 4.12. The van der Waals surface area contributed by atoms with Gasteiger partial charge >= 0.3 is 5.97 Å². The molecule has 6 atom stereocenters. The minimum atomic E-state index is -1.14. The summed E-state index contributed by atoms with van der Waals surface area (Å²) in [5, 5.41) is 11.4. The minimum Gasteiger partial charge on any atom is -0.480 e. The van der Waals surface area contributed by atoms with Crippen LogP contribution in [0.5, 0.6) is 0 Å². The van der Waals surface area contributed by atoms with Gasteiger partial charge in [-0.15, -0.1) is 0 Å². The van der Waals surface area contributed by atoms with Crippen molar-refractivity contribution in [2.45, 2.75) is 82.9 Å². The van der Waals surface area contributed by atoms with Gasteiger partial charge in [-0.25, -0.2) is 0 Å². The molecule has 2 N–H and O–H groups in total. The molecule has 3 heterocycles. The van der Waals surface area contributed by atoms with Gasteiger partial charge in [0.2, 0.25) is 0 Å². The number of nitrogens with one attached hydrogen (secondary N) is 1. The highest BCUT2D eigenvalue weighted by molar-refractivity contribution is 5.86. The number of carboxylic acid groups (broad SMARTS) is 1. The zero-order valence-electron chi connectivity index (χ0n) is 14.3. The fourth-order valence-corrected chi connectivity index (χ4v) is 3.18. The Bertz CT molecular complexity index is 548. The molecular weight excluding hydrogens is 322 g/mol. The first-order valence-electron chi connectivity index (χ1n) is 7.89. The van der Waals surface area contributed by atoms with E-state index in [-0.39, 0.29) is 0 Å². The molecule has 0 saturated carbocycles.